The van der Waals surface area contributed by atoms with Crippen molar-refractivity contribution >= 4 is 5.69 Å². The quantitative estimate of drug-likeness (QED) is 0.639. The second kappa shape index (κ2) is 8.20. The van der Waals surface area contributed by atoms with E-state index in [-0.39, 0.29) is 12.0 Å². The Morgan fingerprint density at radius 1 is 0.731 bits per heavy atom. The lowest BCUT2D eigenvalue weighted by atomic mass is 9.85. The fourth-order valence-corrected chi connectivity index (χ4v) is 3.06. The number of aliphatic hydroxyl groups excluding tert-OH is 1. The molecule has 0 amide bonds. The normalized spacial score (nSPS) is 11.3. The predicted molar refractivity (Wildman–Crippen MR) is 109 cm³/mol. The number of rotatable bonds is 7. The van der Waals surface area contributed by atoms with Crippen LogP contribution in [0.2, 0.25) is 0 Å². The number of nitrogens with zero attached hydrogens (tertiary/aromatic N) is 1. The Balaban J connectivity index is 1.93. The van der Waals surface area contributed by atoms with Gasteiger partial charge in [-0.05, 0) is 28.8 Å². The number of benzene rings is 3. The van der Waals surface area contributed by atoms with E-state index in [0.29, 0.717) is 0 Å². The molecule has 0 aliphatic rings. The molecule has 0 aliphatic carbocycles. The maximum Gasteiger partial charge on any atom is 0.0522 e. The standard InChI is InChI=1S/C24H27NO/c1-24(2,19-26)22-14-9-15-23(16-22)25(17-20-10-5-3-6-11-20)18-21-12-7-4-8-13-21/h3-16,26H,17-19H2,1-2H3. The fraction of sp³-hybridized carbons (Fsp3) is 0.250. The second-order valence-electron chi connectivity index (χ2n) is 7.42. The average molecular weight is 345 g/mol. The Hall–Kier alpha value is -2.58. The van der Waals surface area contributed by atoms with Crippen LogP contribution in [0.4, 0.5) is 5.69 Å². The third-order valence-electron chi connectivity index (χ3n) is 4.82. The largest absolute Gasteiger partial charge is 0.395 e. The summed E-state index contributed by atoms with van der Waals surface area (Å²) in [5.41, 5.74) is 4.66. The maximum atomic E-state index is 9.73. The van der Waals surface area contributed by atoms with Crippen molar-refractivity contribution in [3.8, 4) is 0 Å². The molecule has 0 saturated heterocycles. The van der Waals surface area contributed by atoms with Crippen molar-refractivity contribution in [2.24, 2.45) is 0 Å². The molecule has 0 heterocycles. The summed E-state index contributed by atoms with van der Waals surface area (Å²) in [7, 11) is 0. The van der Waals surface area contributed by atoms with Gasteiger partial charge in [0, 0.05) is 24.2 Å². The number of hydrogen-bond donors (Lipinski definition) is 1. The monoisotopic (exact) mass is 345 g/mol. The Morgan fingerprint density at radius 3 is 1.77 bits per heavy atom. The van der Waals surface area contributed by atoms with Gasteiger partial charge in [0.2, 0.25) is 0 Å². The predicted octanol–water partition coefficient (Wildman–Crippen LogP) is 5.16. The van der Waals surface area contributed by atoms with Crippen LogP contribution in [0.5, 0.6) is 0 Å². The number of hydrogen-bond acceptors (Lipinski definition) is 2. The summed E-state index contributed by atoms with van der Waals surface area (Å²) < 4.78 is 0. The van der Waals surface area contributed by atoms with Crippen molar-refractivity contribution in [3.63, 3.8) is 0 Å². The molecule has 0 radical (unpaired) electrons. The summed E-state index contributed by atoms with van der Waals surface area (Å²) in [5, 5.41) is 9.73. The van der Waals surface area contributed by atoms with Crippen LogP contribution >= 0.6 is 0 Å². The summed E-state index contributed by atoms with van der Waals surface area (Å²) in [4.78, 5) is 2.39. The molecular formula is C24H27NO. The Bertz CT molecular complexity index is 770. The van der Waals surface area contributed by atoms with Crippen LogP contribution in [0.1, 0.15) is 30.5 Å². The molecule has 0 atom stereocenters. The maximum absolute atomic E-state index is 9.73. The summed E-state index contributed by atoms with van der Waals surface area (Å²) in [5.74, 6) is 0. The molecule has 0 aliphatic heterocycles. The molecule has 1 N–H and O–H groups in total. The lowest BCUT2D eigenvalue weighted by Gasteiger charge is -2.28. The first kappa shape index (κ1) is 18.2. The molecule has 0 spiro atoms. The molecule has 26 heavy (non-hydrogen) atoms. The minimum absolute atomic E-state index is 0.133. The minimum Gasteiger partial charge on any atom is -0.395 e. The van der Waals surface area contributed by atoms with E-state index in [4.69, 9.17) is 0 Å². The van der Waals surface area contributed by atoms with Gasteiger partial charge >= 0.3 is 0 Å². The van der Waals surface area contributed by atoms with Crippen molar-refractivity contribution < 1.29 is 5.11 Å². The van der Waals surface area contributed by atoms with E-state index in [1.54, 1.807) is 0 Å². The Labute approximate surface area is 156 Å². The Morgan fingerprint density at radius 2 is 1.27 bits per heavy atom. The fourth-order valence-electron chi connectivity index (χ4n) is 3.06. The molecule has 134 valence electrons. The molecule has 0 bridgehead atoms. The summed E-state index contributed by atoms with van der Waals surface area (Å²) in [6, 6.07) is 29.7. The topological polar surface area (TPSA) is 23.5 Å². The van der Waals surface area contributed by atoms with E-state index >= 15 is 0 Å². The smallest absolute Gasteiger partial charge is 0.0522 e. The SMILES string of the molecule is CC(C)(CO)c1cccc(N(Cc2ccccc2)Cc2ccccc2)c1. The highest BCUT2D eigenvalue weighted by molar-refractivity contribution is 5.51. The van der Waals surface area contributed by atoms with Crippen molar-refractivity contribution in [1.29, 1.82) is 0 Å². The molecule has 0 saturated carbocycles. The summed E-state index contributed by atoms with van der Waals surface area (Å²) in [6.45, 7) is 5.97. The van der Waals surface area contributed by atoms with Crippen LogP contribution in [0.3, 0.4) is 0 Å². The first-order chi connectivity index (χ1) is 12.6. The van der Waals surface area contributed by atoms with E-state index in [2.05, 4.69) is 104 Å². The van der Waals surface area contributed by atoms with E-state index < -0.39 is 0 Å². The van der Waals surface area contributed by atoms with Gasteiger partial charge in [-0.2, -0.15) is 0 Å². The van der Waals surface area contributed by atoms with Gasteiger partial charge in [-0.3, -0.25) is 0 Å². The molecule has 0 unspecified atom stereocenters. The molecule has 3 aromatic carbocycles. The third kappa shape index (κ3) is 4.53. The molecule has 0 fully saturated rings. The van der Waals surface area contributed by atoms with Crippen LogP contribution in [0.15, 0.2) is 84.9 Å². The zero-order chi connectivity index (χ0) is 18.4. The third-order valence-corrected chi connectivity index (χ3v) is 4.82. The van der Waals surface area contributed by atoms with Gasteiger partial charge in [0.1, 0.15) is 0 Å². The van der Waals surface area contributed by atoms with Crippen LogP contribution < -0.4 is 4.90 Å². The minimum atomic E-state index is -0.249. The molecular weight excluding hydrogens is 318 g/mol. The first-order valence-electron chi connectivity index (χ1n) is 9.13. The molecule has 2 heteroatoms. The molecule has 3 aromatic rings. The summed E-state index contributed by atoms with van der Waals surface area (Å²) in [6.07, 6.45) is 0. The van der Waals surface area contributed by atoms with Crippen LogP contribution in [-0.4, -0.2) is 11.7 Å². The van der Waals surface area contributed by atoms with Crippen molar-refractivity contribution in [2.75, 3.05) is 11.5 Å². The van der Waals surface area contributed by atoms with E-state index in [1.165, 1.54) is 16.8 Å². The summed E-state index contributed by atoms with van der Waals surface area (Å²) >= 11 is 0. The number of anilines is 1. The van der Waals surface area contributed by atoms with Gasteiger partial charge < -0.3 is 10.0 Å². The average Bonchev–Trinajstić information content (AvgIpc) is 2.69. The van der Waals surface area contributed by atoms with Crippen LogP contribution in [0, 0.1) is 0 Å². The van der Waals surface area contributed by atoms with E-state index in [0.717, 1.165) is 18.7 Å². The zero-order valence-corrected chi connectivity index (χ0v) is 15.6. The second-order valence-corrected chi connectivity index (χ2v) is 7.42. The van der Waals surface area contributed by atoms with Crippen molar-refractivity contribution in [1.82, 2.24) is 0 Å². The van der Waals surface area contributed by atoms with Gasteiger partial charge in [-0.1, -0.05) is 86.6 Å². The molecule has 3 rings (SSSR count). The van der Waals surface area contributed by atoms with Crippen molar-refractivity contribution in [3.05, 3.63) is 102 Å². The van der Waals surface area contributed by atoms with Gasteiger partial charge in [-0.25, -0.2) is 0 Å². The first-order valence-corrected chi connectivity index (χ1v) is 9.13. The molecule has 2 nitrogen and oxygen atoms in total. The van der Waals surface area contributed by atoms with E-state index in [9.17, 15) is 5.11 Å². The zero-order valence-electron chi connectivity index (χ0n) is 15.6. The van der Waals surface area contributed by atoms with Gasteiger partial charge in [0.25, 0.3) is 0 Å². The number of aliphatic hydroxyl groups is 1. The Kier molecular flexibility index (Phi) is 5.75. The lowest BCUT2D eigenvalue weighted by Crippen LogP contribution is -2.25. The van der Waals surface area contributed by atoms with Crippen molar-refractivity contribution in [2.45, 2.75) is 32.4 Å². The highest BCUT2D eigenvalue weighted by atomic mass is 16.3. The lowest BCUT2D eigenvalue weighted by molar-refractivity contribution is 0.218. The highest BCUT2D eigenvalue weighted by Crippen LogP contribution is 2.28. The van der Waals surface area contributed by atoms with Crippen LogP contribution in [-0.2, 0) is 18.5 Å². The van der Waals surface area contributed by atoms with Crippen LogP contribution in [0.25, 0.3) is 0 Å². The van der Waals surface area contributed by atoms with Gasteiger partial charge in [0.05, 0.1) is 6.61 Å². The highest BCUT2D eigenvalue weighted by Gasteiger charge is 2.20. The molecule has 0 aromatic heterocycles. The van der Waals surface area contributed by atoms with E-state index in [1.807, 2.05) is 0 Å². The van der Waals surface area contributed by atoms with Gasteiger partial charge in [0.15, 0.2) is 0 Å². The van der Waals surface area contributed by atoms with Gasteiger partial charge in [-0.15, -0.1) is 0 Å².